The highest BCUT2D eigenvalue weighted by atomic mass is 16.2. The molecule has 0 aliphatic carbocycles. The highest BCUT2D eigenvalue weighted by Crippen LogP contribution is 2.24. The third kappa shape index (κ3) is 4.44. The Kier molecular flexibility index (Phi) is 6.55. The van der Waals surface area contributed by atoms with Gasteiger partial charge in [0.1, 0.15) is 6.04 Å². The Labute approximate surface area is 143 Å². The smallest absolute Gasteiger partial charge is 0.247 e. The molecule has 2 rings (SSSR count). The molecule has 24 heavy (non-hydrogen) atoms. The van der Waals surface area contributed by atoms with Crippen molar-refractivity contribution in [3.05, 3.63) is 71.8 Å². The molecule has 2 aromatic rings. The largest absolute Gasteiger partial charge is 0.357 e. The maximum atomic E-state index is 12.7. The van der Waals surface area contributed by atoms with Crippen LogP contribution < -0.4 is 5.32 Å². The number of carbonyl (C=O) groups excluding carboxylic acids is 2. The molecular weight excluding hydrogens is 300 g/mol. The Morgan fingerprint density at radius 2 is 1.58 bits per heavy atom. The van der Waals surface area contributed by atoms with Gasteiger partial charge in [0.2, 0.25) is 11.8 Å². The van der Waals surface area contributed by atoms with Gasteiger partial charge in [-0.05, 0) is 17.5 Å². The Hall–Kier alpha value is -2.62. The summed E-state index contributed by atoms with van der Waals surface area (Å²) in [5.41, 5.74) is 1.82. The SMILES string of the molecule is CCCC(=O)N(Cc1ccccc1)[C@H](C(=O)NC)c1ccccc1. The fourth-order valence-electron chi connectivity index (χ4n) is 2.71. The fraction of sp³-hybridized carbons (Fsp3) is 0.300. The van der Waals surface area contributed by atoms with Gasteiger partial charge in [0, 0.05) is 20.0 Å². The van der Waals surface area contributed by atoms with Crippen LogP contribution in [0.5, 0.6) is 0 Å². The van der Waals surface area contributed by atoms with E-state index in [0.29, 0.717) is 13.0 Å². The van der Waals surface area contributed by atoms with Crippen molar-refractivity contribution >= 4 is 11.8 Å². The highest BCUT2D eigenvalue weighted by Gasteiger charge is 2.30. The van der Waals surface area contributed by atoms with Crippen LogP contribution in [0.3, 0.4) is 0 Å². The zero-order valence-corrected chi connectivity index (χ0v) is 14.2. The molecule has 0 saturated carbocycles. The summed E-state index contributed by atoms with van der Waals surface area (Å²) >= 11 is 0. The molecule has 0 unspecified atom stereocenters. The van der Waals surface area contributed by atoms with Gasteiger partial charge in [-0.15, -0.1) is 0 Å². The number of hydrogen-bond acceptors (Lipinski definition) is 2. The van der Waals surface area contributed by atoms with E-state index in [4.69, 9.17) is 0 Å². The van der Waals surface area contributed by atoms with Crippen LogP contribution in [0.1, 0.15) is 36.9 Å². The summed E-state index contributed by atoms with van der Waals surface area (Å²) in [4.78, 5) is 27.0. The highest BCUT2D eigenvalue weighted by molar-refractivity contribution is 5.88. The number of benzene rings is 2. The molecule has 0 fully saturated rings. The van der Waals surface area contributed by atoms with E-state index in [1.165, 1.54) is 0 Å². The van der Waals surface area contributed by atoms with Crippen LogP contribution in [-0.2, 0) is 16.1 Å². The lowest BCUT2D eigenvalue weighted by Gasteiger charge is -2.31. The topological polar surface area (TPSA) is 49.4 Å². The predicted octanol–water partition coefficient (Wildman–Crippen LogP) is 3.30. The number of carbonyl (C=O) groups is 2. The molecule has 0 spiro atoms. The molecule has 0 bridgehead atoms. The van der Waals surface area contributed by atoms with E-state index in [-0.39, 0.29) is 11.8 Å². The molecule has 4 nitrogen and oxygen atoms in total. The van der Waals surface area contributed by atoms with E-state index in [9.17, 15) is 9.59 Å². The number of hydrogen-bond donors (Lipinski definition) is 1. The zero-order chi connectivity index (χ0) is 17.4. The average molecular weight is 324 g/mol. The Balaban J connectivity index is 2.40. The summed E-state index contributed by atoms with van der Waals surface area (Å²) in [6.07, 6.45) is 1.17. The molecule has 4 heteroatoms. The molecule has 2 amide bonds. The van der Waals surface area contributed by atoms with Crippen molar-refractivity contribution in [3.8, 4) is 0 Å². The number of rotatable bonds is 7. The summed E-state index contributed by atoms with van der Waals surface area (Å²) in [5, 5.41) is 2.69. The molecule has 0 aliphatic rings. The maximum absolute atomic E-state index is 12.7. The van der Waals surface area contributed by atoms with E-state index in [1.807, 2.05) is 67.6 Å². The summed E-state index contributed by atoms with van der Waals surface area (Å²) in [7, 11) is 1.60. The van der Waals surface area contributed by atoms with E-state index >= 15 is 0 Å². The van der Waals surface area contributed by atoms with Crippen molar-refractivity contribution in [3.63, 3.8) is 0 Å². The molecule has 0 heterocycles. The van der Waals surface area contributed by atoms with Crippen molar-refractivity contribution in [2.24, 2.45) is 0 Å². The van der Waals surface area contributed by atoms with Crippen molar-refractivity contribution in [1.29, 1.82) is 0 Å². The molecule has 0 aromatic heterocycles. The van der Waals surface area contributed by atoms with Crippen molar-refractivity contribution in [2.75, 3.05) is 7.05 Å². The first kappa shape index (κ1) is 17.7. The molecule has 0 radical (unpaired) electrons. The fourth-order valence-corrected chi connectivity index (χ4v) is 2.71. The van der Waals surface area contributed by atoms with Gasteiger partial charge in [0.15, 0.2) is 0 Å². The lowest BCUT2D eigenvalue weighted by atomic mass is 10.0. The first-order valence-corrected chi connectivity index (χ1v) is 8.27. The molecule has 126 valence electrons. The molecule has 2 aromatic carbocycles. The number of likely N-dealkylation sites (N-methyl/N-ethyl adjacent to an activating group) is 1. The van der Waals surface area contributed by atoms with E-state index in [2.05, 4.69) is 5.32 Å². The second-order valence-electron chi connectivity index (χ2n) is 5.68. The minimum atomic E-state index is -0.629. The van der Waals surface area contributed by atoms with E-state index in [1.54, 1.807) is 11.9 Å². The predicted molar refractivity (Wildman–Crippen MR) is 95.1 cm³/mol. The summed E-state index contributed by atoms with van der Waals surface area (Å²) in [6, 6.07) is 18.6. The first-order valence-electron chi connectivity index (χ1n) is 8.27. The molecule has 0 saturated heterocycles. The second kappa shape index (κ2) is 8.87. The van der Waals surface area contributed by atoms with Crippen LogP contribution in [0.15, 0.2) is 60.7 Å². The summed E-state index contributed by atoms with van der Waals surface area (Å²) in [6.45, 7) is 2.38. The zero-order valence-electron chi connectivity index (χ0n) is 14.2. The molecule has 0 aliphatic heterocycles. The normalized spacial score (nSPS) is 11.6. The third-order valence-corrected chi connectivity index (χ3v) is 3.90. The Morgan fingerprint density at radius 1 is 1.00 bits per heavy atom. The summed E-state index contributed by atoms with van der Waals surface area (Å²) < 4.78 is 0. The van der Waals surface area contributed by atoms with Gasteiger partial charge in [0.05, 0.1) is 0 Å². The van der Waals surface area contributed by atoms with Crippen molar-refractivity contribution in [2.45, 2.75) is 32.4 Å². The van der Waals surface area contributed by atoms with Crippen LogP contribution >= 0.6 is 0 Å². The number of nitrogens with zero attached hydrogens (tertiary/aromatic N) is 1. The van der Waals surface area contributed by atoms with Gasteiger partial charge >= 0.3 is 0 Å². The van der Waals surface area contributed by atoms with Crippen LogP contribution in [0.25, 0.3) is 0 Å². The van der Waals surface area contributed by atoms with E-state index < -0.39 is 6.04 Å². The quantitative estimate of drug-likeness (QED) is 0.849. The Bertz CT molecular complexity index is 656. The lowest BCUT2D eigenvalue weighted by Crippen LogP contribution is -2.42. The van der Waals surface area contributed by atoms with Crippen LogP contribution in [0.2, 0.25) is 0 Å². The monoisotopic (exact) mass is 324 g/mol. The van der Waals surface area contributed by atoms with Gasteiger partial charge in [-0.2, -0.15) is 0 Å². The minimum Gasteiger partial charge on any atom is -0.357 e. The molecule has 1 atom stereocenters. The summed E-state index contributed by atoms with van der Waals surface area (Å²) in [5.74, 6) is -0.194. The van der Waals surface area contributed by atoms with Gasteiger partial charge in [-0.25, -0.2) is 0 Å². The first-order chi connectivity index (χ1) is 11.7. The second-order valence-corrected chi connectivity index (χ2v) is 5.68. The van der Waals surface area contributed by atoms with Crippen LogP contribution in [-0.4, -0.2) is 23.8 Å². The standard InChI is InChI=1S/C20H24N2O2/c1-3-10-18(23)22(15-16-11-6-4-7-12-16)19(20(24)21-2)17-13-8-5-9-14-17/h4-9,11-14,19H,3,10,15H2,1-2H3,(H,21,24)/t19-/m0/s1. The average Bonchev–Trinajstić information content (AvgIpc) is 2.63. The van der Waals surface area contributed by atoms with Gasteiger partial charge in [0.25, 0.3) is 0 Å². The van der Waals surface area contributed by atoms with Gasteiger partial charge in [-0.3, -0.25) is 9.59 Å². The lowest BCUT2D eigenvalue weighted by molar-refractivity contribution is -0.141. The van der Waals surface area contributed by atoms with Gasteiger partial charge in [-0.1, -0.05) is 67.6 Å². The molecule has 1 N–H and O–H groups in total. The van der Waals surface area contributed by atoms with Crippen molar-refractivity contribution < 1.29 is 9.59 Å². The Morgan fingerprint density at radius 3 is 2.12 bits per heavy atom. The van der Waals surface area contributed by atoms with Crippen LogP contribution in [0.4, 0.5) is 0 Å². The van der Waals surface area contributed by atoms with Crippen LogP contribution in [0, 0.1) is 0 Å². The maximum Gasteiger partial charge on any atom is 0.247 e. The molecular formula is C20H24N2O2. The number of amides is 2. The van der Waals surface area contributed by atoms with E-state index in [0.717, 1.165) is 17.5 Å². The number of nitrogens with one attached hydrogen (secondary N) is 1. The van der Waals surface area contributed by atoms with Gasteiger partial charge < -0.3 is 10.2 Å². The third-order valence-electron chi connectivity index (χ3n) is 3.90. The minimum absolute atomic E-state index is 0.0150. The van der Waals surface area contributed by atoms with Crippen molar-refractivity contribution in [1.82, 2.24) is 10.2 Å².